The zero-order valence-electron chi connectivity index (χ0n) is 17.1. The maximum Gasteiger partial charge on any atom is 0.223 e. The van der Waals surface area contributed by atoms with Crippen LogP contribution in [0.25, 0.3) is 0 Å². The first kappa shape index (κ1) is 19.9. The fourth-order valence-electron chi connectivity index (χ4n) is 4.73. The molecule has 1 saturated heterocycles. The van der Waals surface area contributed by atoms with Gasteiger partial charge in [0, 0.05) is 18.5 Å². The van der Waals surface area contributed by atoms with E-state index in [0.717, 1.165) is 37.1 Å². The summed E-state index contributed by atoms with van der Waals surface area (Å²) < 4.78 is 18.4. The highest BCUT2D eigenvalue weighted by atomic mass is 19.1. The molecule has 0 aromatic heterocycles. The topological polar surface area (TPSA) is 41.6 Å². The smallest absolute Gasteiger partial charge is 0.223 e. The molecular formula is C24H29FN2O2. The van der Waals surface area contributed by atoms with E-state index < -0.39 is 0 Å². The van der Waals surface area contributed by atoms with Crippen LogP contribution in [-0.4, -0.2) is 38.1 Å². The summed E-state index contributed by atoms with van der Waals surface area (Å²) in [5.41, 5.74) is 2.32. The minimum atomic E-state index is -0.235. The molecule has 1 amide bonds. The number of nitrogens with one attached hydrogen (secondary N) is 1. The van der Waals surface area contributed by atoms with Crippen LogP contribution in [0.5, 0.6) is 5.75 Å². The van der Waals surface area contributed by atoms with Crippen LogP contribution in [0.1, 0.15) is 42.3 Å². The van der Waals surface area contributed by atoms with Crippen molar-refractivity contribution < 1.29 is 13.9 Å². The number of amides is 1. The van der Waals surface area contributed by atoms with Crippen molar-refractivity contribution in [1.82, 2.24) is 10.2 Å². The van der Waals surface area contributed by atoms with Gasteiger partial charge in [0.1, 0.15) is 11.6 Å². The minimum absolute atomic E-state index is 0.0150. The number of ether oxygens (including phenoxy) is 1. The van der Waals surface area contributed by atoms with Crippen LogP contribution in [0.15, 0.2) is 48.5 Å². The van der Waals surface area contributed by atoms with Crippen molar-refractivity contribution in [3.8, 4) is 5.75 Å². The standard InChI is InChI=1S/C24H29FN2O2/c1-27-13-3-4-18(23(27)17-7-11-20(29-2)12-8-17)15-26-24(28)22-14-21(22)16-5-9-19(25)10-6-16/h5-12,18,21-23H,3-4,13-15H2,1-2H3,(H,26,28). The second-order valence-corrected chi connectivity index (χ2v) is 8.35. The number of carbonyl (C=O) groups excluding carboxylic acids is 1. The van der Waals surface area contributed by atoms with Gasteiger partial charge in [0.25, 0.3) is 0 Å². The molecule has 2 aromatic carbocycles. The lowest BCUT2D eigenvalue weighted by Gasteiger charge is -2.39. The lowest BCUT2D eigenvalue weighted by molar-refractivity contribution is -0.122. The number of piperidine rings is 1. The maximum absolute atomic E-state index is 13.1. The molecule has 1 aliphatic carbocycles. The van der Waals surface area contributed by atoms with E-state index in [1.807, 2.05) is 12.1 Å². The summed E-state index contributed by atoms with van der Waals surface area (Å²) in [6.45, 7) is 1.75. The van der Waals surface area contributed by atoms with E-state index in [1.54, 1.807) is 19.2 Å². The first-order chi connectivity index (χ1) is 14.1. The van der Waals surface area contributed by atoms with E-state index in [-0.39, 0.29) is 23.6 Å². The molecule has 4 rings (SSSR count). The Morgan fingerprint density at radius 3 is 2.52 bits per heavy atom. The Hall–Kier alpha value is -2.40. The Kier molecular flexibility index (Phi) is 5.86. The molecule has 2 aromatic rings. The molecule has 2 fully saturated rings. The molecular weight excluding hydrogens is 367 g/mol. The Morgan fingerprint density at radius 2 is 1.83 bits per heavy atom. The summed E-state index contributed by atoms with van der Waals surface area (Å²) in [6.07, 6.45) is 3.10. The van der Waals surface area contributed by atoms with Gasteiger partial charge in [0.15, 0.2) is 0 Å². The van der Waals surface area contributed by atoms with Gasteiger partial charge in [0.2, 0.25) is 5.91 Å². The lowest BCUT2D eigenvalue weighted by atomic mass is 9.85. The molecule has 1 N–H and O–H groups in total. The molecule has 4 unspecified atom stereocenters. The first-order valence-corrected chi connectivity index (χ1v) is 10.4. The molecule has 29 heavy (non-hydrogen) atoms. The van der Waals surface area contributed by atoms with Gasteiger partial charge in [-0.3, -0.25) is 9.69 Å². The summed E-state index contributed by atoms with van der Waals surface area (Å²) in [4.78, 5) is 15.1. The number of halogens is 1. The van der Waals surface area contributed by atoms with Crippen LogP contribution in [0, 0.1) is 17.7 Å². The van der Waals surface area contributed by atoms with Gasteiger partial charge in [-0.25, -0.2) is 4.39 Å². The predicted octanol–water partition coefficient (Wildman–Crippen LogP) is 4.14. The van der Waals surface area contributed by atoms with Gasteiger partial charge >= 0.3 is 0 Å². The Morgan fingerprint density at radius 1 is 1.14 bits per heavy atom. The molecule has 0 spiro atoms. The number of rotatable bonds is 6. The van der Waals surface area contributed by atoms with Crippen molar-refractivity contribution in [3.05, 3.63) is 65.5 Å². The quantitative estimate of drug-likeness (QED) is 0.798. The van der Waals surface area contributed by atoms with Crippen LogP contribution in [0.2, 0.25) is 0 Å². The van der Waals surface area contributed by atoms with Crippen molar-refractivity contribution in [3.63, 3.8) is 0 Å². The van der Waals surface area contributed by atoms with E-state index in [4.69, 9.17) is 4.74 Å². The van der Waals surface area contributed by atoms with Crippen molar-refractivity contribution >= 4 is 5.91 Å². The third-order valence-electron chi connectivity index (χ3n) is 6.43. The van der Waals surface area contributed by atoms with Gasteiger partial charge in [-0.15, -0.1) is 0 Å². The third kappa shape index (κ3) is 4.45. The largest absolute Gasteiger partial charge is 0.497 e. The minimum Gasteiger partial charge on any atom is -0.497 e. The van der Waals surface area contributed by atoms with E-state index in [0.29, 0.717) is 18.5 Å². The van der Waals surface area contributed by atoms with Gasteiger partial charge in [-0.2, -0.15) is 0 Å². The van der Waals surface area contributed by atoms with Crippen molar-refractivity contribution in [2.45, 2.75) is 31.2 Å². The average molecular weight is 397 g/mol. The van der Waals surface area contributed by atoms with Crippen LogP contribution < -0.4 is 10.1 Å². The second kappa shape index (κ2) is 8.54. The molecule has 0 radical (unpaired) electrons. The number of likely N-dealkylation sites (tertiary alicyclic amines) is 1. The summed E-state index contributed by atoms with van der Waals surface area (Å²) in [6, 6.07) is 15.1. The number of benzene rings is 2. The highest BCUT2D eigenvalue weighted by Crippen LogP contribution is 2.47. The molecule has 0 bridgehead atoms. The fourth-order valence-corrected chi connectivity index (χ4v) is 4.73. The molecule has 2 aliphatic rings. The van der Waals surface area contributed by atoms with Gasteiger partial charge in [0.05, 0.1) is 7.11 Å². The van der Waals surface area contributed by atoms with E-state index in [2.05, 4.69) is 29.4 Å². The lowest BCUT2D eigenvalue weighted by Crippen LogP contribution is -2.42. The highest BCUT2D eigenvalue weighted by molar-refractivity contribution is 5.82. The Bertz CT molecular complexity index is 837. The van der Waals surface area contributed by atoms with Crippen LogP contribution in [-0.2, 0) is 4.79 Å². The summed E-state index contributed by atoms with van der Waals surface area (Å²) >= 11 is 0. The van der Waals surface area contributed by atoms with Crippen molar-refractivity contribution in [1.29, 1.82) is 0 Å². The number of hydrogen-bond donors (Lipinski definition) is 1. The number of hydrogen-bond acceptors (Lipinski definition) is 3. The Labute approximate surface area is 172 Å². The fraction of sp³-hybridized carbons (Fsp3) is 0.458. The summed E-state index contributed by atoms with van der Waals surface area (Å²) in [5, 5.41) is 3.20. The van der Waals surface area contributed by atoms with E-state index in [9.17, 15) is 9.18 Å². The van der Waals surface area contributed by atoms with Crippen LogP contribution in [0.4, 0.5) is 4.39 Å². The van der Waals surface area contributed by atoms with Crippen molar-refractivity contribution in [2.75, 3.05) is 27.2 Å². The molecule has 4 nitrogen and oxygen atoms in total. The first-order valence-electron chi connectivity index (χ1n) is 10.4. The molecule has 1 aliphatic heterocycles. The predicted molar refractivity (Wildman–Crippen MR) is 111 cm³/mol. The molecule has 154 valence electrons. The SMILES string of the molecule is COc1ccc(C2C(CNC(=O)C3CC3c3ccc(F)cc3)CCCN2C)cc1. The third-order valence-corrected chi connectivity index (χ3v) is 6.43. The molecule has 1 heterocycles. The number of carbonyl (C=O) groups is 1. The van der Waals surface area contributed by atoms with Gasteiger partial charge in [-0.1, -0.05) is 24.3 Å². The monoisotopic (exact) mass is 396 g/mol. The van der Waals surface area contributed by atoms with Crippen LogP contribution >= 0.6 is 0 Å². The second-order valence-electron chi connectivity index (χ2n) is 8.35. The molecule has 4 atom stereocenters. The zero-order valence-corrected chi connectivity index (χ0v) is 17.1. The van der Waals surface area contributed by atoms with E-state index >= 15 is 0 Å². The summed E-state index contributed by atoms with van der Waals surface area (Å²) in [7, 11) is 3.84. The average Bonchev–Trinajstić information content (AvgIpc) is 3.54. The normalized spacial score (nSPS) is 26.7. The van der Waals surface area contributed by atoms with E-state index in [1.165, 1.54) is 17.7 Å². The van der Waals surface area contributed by atoms with Crippen LogP contribution in [0.3, 0.4) is 0 Å². The zero-order chi connectivity index (χ0) is 20.4. The Balaban J connectivity index is 1.37. The van der Waals surface area contributed by atoms with Crippen molar-refractivity contribution in [2.24, 2.45) is 11.8 Å². The van der Waals surface area contributed by atoms with Gasteiger partial charge < -0.3 is 10.1 Å². The molecule has 1 saturated carbocycles. The number of methoxy groups -OCH3 is 1. The maximum atomic E-state index is 13.1. The highest BCUT2D eigenvalue weighted by Gasteiger charge is 2.44. The summed E-state index contributed by atoms with van der Waals surface area (Å²) in [5.74, 6) is 1.37. The van der Waals surface area contributed by atoms with Gasteiger partial charge in [-0.05, 0) is 80.1 Å². The number of nitrogens with zero attached hydrogens (tertiary/aromatic N) is 1. The molecule has 5 heteroatoms.